The topological polar surface area (TPSA) is 94.9 Å². The fraction of sp³-hybridized carbons (Fsp3) is 0.0909. The van der Waals surface area contributed by atoms with Gasteiger partial charge in [-0.15, -0.1) is 0 Å². The van der Waals surface area contributed by atoms with Gasteiger partial charge in [-0.3, -0.25) is 10.1 Å². The average Bonchev–Trinajstić information content (AvgIpc) is 2.28. The second-order valence-electron chi connectivity index (χ2n) is 3.59. The summed E-state index contributed by atoms with van der Waals surface area (Å²) in [5.41, 5.74) is 7.20. The molecule has 1 aromatic heterocycles. The number of aromatic nitrogens is 2. The molecule has 0 saturated heterocycles. The van der Waals surface area contributed by atoms with E-state index in [0.29, 0.717) is 5.56 Å². The largest absolute Gasteiger partial charge is 0.368 e. The molecule has 0 aliphatic heterocycles. The fourth-order valence-electron chi connectivity index (χ4n) is 1.53. The smallest absolute Gasteiger partial charge is 0.313 e. The molecule has 0 unspecified atom stereocenters. The first kappa shape index (κ1) is 11.0. The van der Waals surface area contributed by atoms with E-state index in [0.717, 1.165) is 11.8 Å². The van der Waals surface area contributed by atoms with E-state index in [1.807, 2.05) is 25.1 Å². The molecule has 0 saturated carbocycles. The first-order chi connectivity index (χ1) is 8.08. The maximum absolute atomic E-state index is 10.9. The van der Waals surface area contributed by atoms with Crippen LogP contribution in [0.1, 0.15) is 5.56 Å². The van der Waals surface area contributed by atoms with Gasteiger partial charge in [0.15, 0.2) is 5.69 Å². The van der Waals surface area contributed by atoms with Crippen molar-refractivity contribution in [2.75, 3.05) is 5.73 Å². The van der Waals surface area contributed by atoms with Crippen molar-refractivity contribution in [3.8, 4) is 11.3 Å². The molecule has 0 spiro atoms. The Morgan fingerprint density at radius 1 is 1.41 bits per heavy atom. The van der Waals surface area contributed by atoms with Crippen molar-refractivity contribution in [1.29, 1.82) is 0 Å². The quantitative estimate of drug-likeness (QED) is 0.628. The first-order valence-corrected chi connectivity index (χ1v) is 4.92. The monoisotopic (exact) mass is 230 g/mol. The minimum atomic E-state index is -0.517. The Balaban J connectivity index is 2.65. The van der Waals surface area contributed by atoms with Crippen molar-refractivity contribution in [2.24, 2.45) is 0 Å². The second-order valence-corrected chi connectivity index (χ2v) is 3.59. The molecular weight excluding hydrogens is 220 g/mol. The van der Waals surface area contributed by atoms with Gasteiger partial charge in [-0.1, -0.05) is 23.8 Å². The maximum Gasteiger partial charge on any atom is 0.313 e. The zero-order chi connectivity index (χ0) is 12.4. The lowest BCUT2D eigenvalue weighted by molar-refractivity contribution is -0.384. The Labute approximate surface area is 97.3 Å². The van der Waals surface area contributed by atoms with Crippen LogP contribution in [0.2, 0.25) is 0 Å². The van der Waals surface area contributed by atoms with E-state index in [9.17, 15) is 10.1 Å². The van der Waals surface area contributed by atoms with Crippen LogP contribution in [0.25, 0.3) is 11.3 Å². The van der Waals surface area contributed by atoms with Crippen molar-refractivity contribution < 1.29 is 4.92 Å². The minimum Gasteiger partial charge on any atom is -0.368 e. The van der Waals surface area contributed by atoms with Gasteiger partial charge in [0.2, 0.25) is 5.95 Å². The van der Waals surface area contributed by atoms with Gasteiger partial charge in [-0.25, -0.2) is 9.97 Å². The number of aryl methyl sites for hydroxylation is 1. The minimum absolute atomic E-state index is 0.0205. The van der Waals surface area contributed by atoms with Gasteiger partial charge in [-0.05, 0) is 13.0 Å². The molecule has 1 aromatic carbocycles. The van der Waals surface area contributed by atoms with Gasteiger partial charge in [0.25, 0.3) is 0 Å². The lowest BCUT2D eigenvalue weighted by atomic mass is 10.1. The number of nitrogens with zero attached hydrogens (tertiary/aromatic N) is 3. The Hall–Kier alpha value is -2.50. The molecule has 0 fully saturated rings. The molecule has 86 valence electrons. The lowest BCUT2D eigenvalue weighted by Gasteiger charge is -2.03. The van der Waals surface area contributed by atoms with Crippen molar-refractivity contribution in [3.05, 3.63) is 46.1 Å². The summed E-state index contributed by atoms with van der Waals surface area (Å²) in [6.45, 7) is 1.90. The van der Waals surface area contributed by atoms with Crippen molar-refractivity contribution in [2.45, 2.75) is 6.92 Å². The molecule has 17 heavy (non-hydrogen) atoms. The van der Waals surface area contributed by atoms with Crippen LogP contribution in [0.3, 0.4) is 0 Å². The number of nitrogens with two attached hydrogens (primary N) is 1. The van der Waals surface area contributed by atoms with E-state index in [4.69, 9.17) is 5.73 Å². The number of anilines is 1. The summed E-state index contributed by atoms with van der Waals surface area (Å²) in [4.78, 5) is 17.9. The number of benzene rings is 1. The van der Waals surface area contributed by atoms with Crippen molar-refractivity contribution >= 4 is 11.6 Å². The van der Waals surface area contributed by atoms with Crippen LogP contribution in [0, 0.1) is 17.0 Å². The first-order valence-electron chi connectivity index (χ1n) is 4.92. The third kappa shape index (κ3) is 2.20. The van der Waals surface area contributed by atoms with Crippen LogP contribution in [0.4, 0.5) is 11.6 Å². The van der Waals surface area contributed by atoms with Gasteiger partial charge in [0, 0.05) is 5.56 Å². The molecule has 0 aliphatic carbocycles. The summed E-state index contributed by atoms with van der Waals surface area (Å²) in [5, 5.41) is 10.9. The predicted octanol–water partition coefficient (Wildman–Crippen LogP) is 1.94. The van der Waals surface area contributed by atoms with E-state index >= 15 is 0 Å². The zero-order valence-electron chi connectivity index (χ0n) is 9.12. The highest BCUT2D eigenvalue weighted by Gasteiger charge is 2.18. The summed E-state index contributed by atoms with van der Waals surface area (Å²) in [6, 6.07) is 7.28. The molecule has 2 N–H and O–H groups in total. The van der Waals surface area contributed by atoms with Crippen molar-refractivity contribution in [1.82, 2.24) is 9.97 Å². The molecule has 0 bridgehead atoms. The van der Waals surface area contributed by atoms with Crippen LogP contribution in [0.15, 0.2) is 30.5 Å². The van der Waals surface area contributed by atoms with Gasteiger partial charge >= 0.3 is 5.69 Å². The van der Waals surface area contributed by atoms with E-state index in [2.05, 4.69) is 9.97 Å². The number of rotatable bonds is 2. The summed E-state index contributed by atoms with van der Waals surface area (Å²) in [5.74, 6) is 0.0205. The van der Waals surface area contributed by atoms with Crippen LogP contribution in [-0.2, 0) is 0 Å². The van der Waals surface area contributed by atoms with Gasteiger partial charge in [-0.2, -0.15) is 0 Å². The van der Waals surface area contributed by atoms with Gasteiger partial charge in [0.05, 0.1) is 4.92 Å². The standard InChI is InChI=1S/C11H10N4O2/c1-7-3-2-4-8(5-7)10-9(15(16)17)6-13-11(12)14-10/h2-6H,1H3,(H2,12,13,14). The lowest BCUT2D eigenvalue weighted by Crippen LogP contribution is -2.01. The number of hydrogen-bond donors (Lipinski definition) is 1. The Kier molecular flexibility index (Phi) is 2.70. The molecule has 2 aromatic rings. The molecule has 2 rings (SSSR count). The highest BCUT2D eigenvalue weighted by Crippen LogP contribution is 2.27. The molecular formula is C11H10N4O2. The summed E-state index contributed by atoms with van der Waals surface area (Å²) in [6.07, 6.45) is 1.12. The zero-order valence-corrected chi connectivity index (χ0v) is 9.12. The van der Waals surface area contributed by atoms with Crippen LogP contribution < -0.4 is 5.73 Å². The van der Waals surface area contributed by atoms with E-state index in [1.165, 1.54) is 0 Å². The van der Waals surface area contributed by atoms with E-state index in [-0.39, 0.29) is 17.3 Å². The van der Waals surface area contributed by atoms with Crippen LogP contribution >= 0.6 is 0 Å². The van der Waals surface area contributed by atoms with Crippen LogP contribution in [0.5, 0.6) is 0 Å². The highest BCUT2D eigenvalue weighted by molar-refractivity contribution is 5.70. The normalized spacial score (nSPS) is 10.2. The Bertz CT molecular complexity index is 583. The van der Waals surface area contributed by atoms with E-state index in [1.54, 1.807) is 6.07 Å². The number of nitro groups is 1. The Morgan fingerprint density at radius 3 is 2.82 bits per heavy atom. The van der Waals surface area contributed by atoms with Gasteiger partial charge in [0.1, 0.15) is 6.20 Å². The fourth-order valence-corrected chi connectivity index (χ4v) is 1.53. The molecule has 6 heteroatoms. The SMILES string of the molecule is Cc1cccc(-c2nc(N)ncc2[N+](=O)[O-])c1. The maximum atomic E-state index is 10.9. The Morgan fingerprint density at radius 2 is 2.18 bits per heavy atom. The number of hydrogen-bond acceptors (Lipinski definition) is 5. The second kappa shape index (κ2) is 4.17. The molecule has 0 radical (unpaired) electrons. The molecule has 1 heterocycles. The molecule has 0 atom stereocenters. The molecule has 0 aliphatic rings. The van der Waals surface area contributed by atoms with Crippen LogP contribution in [-0.4, -0.2) is 14.9 Å². The van der Waals surface area contributed by atoms with Crippen molar-refractivity contribution in [3.63, 3.8) is 0 Å². The third-order valence-electron chi connectivity index (χ3n) is 2.28. The third-order valence-corrected chi connectivity index (χ3v) is 2.28. The summed E-state index contributed by atoms with van der Waals surface area (Å²) >= 11 is 0. The van der Waals surface area contributed by atoms with Gasteiger partial charge < -0.3 is 5.73 Å². The molecule has 6 nitrogen and oxygen atoms in total. The van der Waals surface area contributed by atoms with E-state index < -0.39 is 4.92 Å². The molecule has 0 amide bonds. The summed E-state index contributed by atoms with van der Waals surface area (Å²) < 4.78 is 0. The highest BCUT2D eigenvalue weighted by atomic mass is 16.6. The predicted molar refractivity (Wildman–Crippen MR) is 63.3 cm³/mol. The summed E-state index contributed by atoms with van der Waals surface area (Å²) in [7, 11) is 0. The number of nitrogen functional groups attached to an aromatic ring is 1. The average molecular weight is 230 g/mol.